The van der Waals surface area contributed by atoms with Crippen LogP contribution in [0, 0.1) is 0 Å². The molecule has 0 unspecified atom stereocenters. The zero-order chi connectivity index (χ0) is 23.3. The number of hydrogen-bond acceptors (Lipinski definition) is 6. The zero-order valence-corrected chi connectivity index (χ0v) is 22.2. The van der Waals surface area contributed by atoms with Gasteiger partial charge in [0.1, 0.15) is 0 Å². The summed E-state index contributed by atoms with van der Waals surface area (Å²) < 4.78 is 61.1. The molecule has 0 aromatic heterocycles. The Kier molecular flexibility index (Phi) is 6.20. The topological polar surface area (TPSA) is 86.7 Å². The monoisotopic (exact) mass is 494 g/mol. The third-order valence-electron chi connectivity index (χ3n) is 3.41. The SMILES string of the molecule is CP(C)(C)(C)OS(=O)(=O)c1ccc(-c2ccc(S(=O)(=O)OP(C)(C)(C)C)cc2)cc1. The molecule has 10 heteroatoms. The summed E-state index contributed by atoms with van der Waals surface area (Å²) in [7, 11) is -7.72. The van der Waals surface area contributed by atoms with E-state index in [0.29, 0.717) is 0 Å². The van der Waals surface area contributed by atoms with E-state index in [-0.39, 0.29) is 9.79 Å². The molecule has 0 saturated heterocycles. The van der Waals surface area contributed by atoms with Crippen molar-refractivity contribution in [2.75, 3.05) is 53.3 Å². The molecule has 0 saturated carbocycles. The van der Waals surface area contributed by atoms with Crippen molar-refractivity contribution in [3.05, 3.63) is 48.5 Å². The predicted octanol–water partition coefficient (Wildman–Crippen LogP) is 4.74. The summed E-state index contributed by atoms with van der Waals surface area (Å²) in [6.07, 6.45) is 0. The van der Waals surface area contributed by atoms with Crippen LogP contribution >= 0.6 is 13.7 Å². The van der Waals surface area contributed by atoms with E-state index in [1.165, 1.54) is 24.3 Å². The van der Waals surface area contributed by atoms with Gasteiger partial charge in [-0.15, -0.1) is 0 Å². The second-order valence-corrected chi connectivity index (χ2v) is 28.5. The van der Waals surface area contributed by atoms with E-state index in [9.17, 15) is 16.8 Å². The molecule has 2 aromatic carbocycles. The van der Waals surface area contributed by atoms with Crippen LogP contribution in [0.1, 0.15) is 0 Å². The van der Waals surface area contributed by atoms with Crippen LogP contribution in [0.25, 0.3) is 11.1 Å². The van der Waals surface area contributed by atoms with Crippen molar-refractivity contribution in [3.8, 4) is 11.1 Å². The van der Waals surface area contributed by atoms with E-state index >= 15 is 0 Å². The molecule has 0 heterocycles. The van der Waals surface area contributed by atoms with Gasteiger partial charge in [0.25, 0.3) is 0 Å². The van der Waals surface area contributed by atoms with Gasteiger partial charge in [-0.1, -0.05) is 0 Å². The Morgan fingerprint density at radius 3 is 0.933 bits per heavy atom. The molecule has 0 aliphatic heterocycles. The Morgan fingerprint density at radius 1 is 0.500 bits per heavy atom. The zero-order valence-electron chi connectivity index (χ0n) is 18.8. The van der Waals surface area contributed by atoms with Crippen molar-refractivity contribution < 1.29 is 24.8 Å². The molecule has 0 atom stereocenters. The first kappa shape index (κ1) is 25.4. The van der Waals surface area contributed by atoms with Gasteiger partial charge in [0.15, 0.2) is 0 Å². The summed E-state index contributed by atoms with van der Waals surface area (Å²) in [6.45, 7) is 9.11. The third kappa shape index (κ3) is 7.67. The van der Waals surface area contributed by atoms with Gasteiger partial charge < -0.3 is 0 Å². The Morgan fingerprint density at radius 2 is 0.733 bits per heavy atom. The Labute approximate surface area is 181 Å². The van der Waals surface area contributed by atoms with Crippen LogP contribution < -0.4 is 0 Å². The molecule has 2 aromatic rings. The molecule has 0 bridgehead atoms. The quantitative estimate of drug-likeness (QED) is 0.517. The van der Waals surface area contributed by atoms with Crippen LogP contribution in [-0.4, -0.2) is 70.2 Å². The van der Waals surface area contributed by atoms with Gasteiger partial charge in [-0.25, -0.2) is 0 Å². The fourth-order valence-electron chi connectivity index (χ4n) is 2.50. The summed E-state index contributed by atoms with van der Waals surface area (Å²) in [6, 6.07) is 12.7. The summed E-state index contributed by atoms with van der Waals surface area (Å²) in [5, 5.41) is 0. The van der Waals surface area contributed by atoms with Crippen LogP contribution in [0.5, 0.6) is 0 Å². The van der Waals surface area contributed by atoms with E-state index in [1.807, 2.05) is 53.3 Å². The molecule has 6 nitrogen and oxygen atoms in total. The predicted molar refractivity (Wildman–Crippen MR) is 130 cm³/mol. The second-order valence-electron chi connectivity index (χ2n) is 10.9. The van der Waals surface area contributed by atoms with Crippen molar-refractivity contribution in [1.82, 2.24) is 0 Å². The van der Waals surface area contributed by atoms with Crippen molar-refractivity contribution in [3.63, 3.8) is 0 Å². The molecular weight excluding hydrogens is 462 g/mol. The van der Waals surface area contributed by atoms with Crippen molar-refractivity contribution in [2.45, 2.75) is 9.79 Å². The first-order valence-electron chi connectivity index (χ1n) is 9.24. The van der Waals surface area contributed by atoms with Crippen LogP contribution in [-0.2, 0) is 28.2 Å². The molecule has 0 fully saturated rings. The van der Waals surface area contributed by atoms with E-state index in [1.54, 1.807) is 24.3 Å². The summed E-state index contributed by atoms with van der Waals surface area (Å²) in [5.41, 5.74) is 1.52. The Bertz CT molecular complexity index is 1040. The minimum atomic E-state index is -3.86. The molecule has 0 amide bonds. The van der Waals surface area contributed by atoms with Crippen LogP contribution in [0.4, 0.5) is 0 Å². The van der Waals surface area contributed by atoms with Crippen LogP contribution in [0.15, 0.2) is 58.3 Å². The Balaban J connectivity index is 2.29. The standard InChI is InChI=1S/C20H32O6P2S2/c1-27(2,3,4)25-29(21,22)19-13-9-17(10-14-19)18-11-15-20(16-12-18)30(23,24)26-28(5,6,7)8/h9-16H,1-8H3. The Hall–Kier alpha value is -0.880. The molecule has 2 rings (SSSR count). The van der Waals surface area contributed by atoms with Crippen molar-refractivity contribution in [2.24, 2.45) is 0 Å². The van der Waals surface area contributed by atoms with E-state index in [2.05, 4.69) is 0 Å². The molecule has 0 aliphatic carbocycles. The third-order valence-corrected chi connectivity index (χ3v) is 11.5. The maximum absolute atomic E-state index is 12.5. The van der Waals surface area contributed by atoms with Gasteiger partial charge in [0.2, 0.25) is 0 Å². The van der Waals surface area contributed by atoms with Crippen LogP contribution in [0.2, 0.25) is 0 Å². The van der Waals surface area contributed by atoms with Gasteiger partial charge in [0, 0.05) is 0 Å². The molecule has 170 valence electrons. The fourth-order valence-corrected chi connectivity index (χ4v) is 10.4. The summed E-state index contributed by atoms with van der Waals surface area (Å²) >= 11 is 0. The van der Waals surface area contributed by atoms with Crippen LogP contribution in [0.3, 0.4) is 0 Å². The summed E-state index contributed by atoms with van der Waals surface area (Å²) in [4.78, 5) is 0.173. The molecule has 0 N–H and O–H groups in total. The first-order chi connectivity index (χ1) is 13.1. The van der Waals surface area contributed by atoms with Gasteiger partial charge in [-0.05, 0) is 0 Å². The van der Waals surface area contributed by atoms with Gasteiger partial charge in [-0.3, -0.25) is 0 Å². The van der Waals surface area contributed by atoms with E-state index < -0.39 is 33.9 Å². The minimum absolute atomic E-state index is 0.0864. The number of benzene rings is 2. The molecule has 30 heavy (non-hydrogen) atoms. The van der Waals surface area contributed by atoms with Gasteiger partial charge in [0.05, 0.1) is 0 Å². The molecular formula is C20H32O6P2S2. The van der Waals surface area contributed by atoms with Gasteiger partial charge >= 0.3 is 181 Å². The van der Waals surface area contributed by atoms with E-state index in [0.717, 1.165) is 11.1 Å². The maximum atomic E-state index is 12.5. The second kappa shape index (κ2) is 7.33. The molecule has 0 aliphatic rings. The summed E-state index contributed by atoms with van der Waals surface area (Å²) in [5.74, 6) is 0. The number of rotatable bonds is 7. The number of hydrogen-bond donors (Lipinski definition) is 0. The molecule has 0 radical (unpaired) electrons. The van der Waals surface area contributed by atoms with Gasteiger partial charge in [-0.2, -0.15) is 0 Å². The molecule has 0 spiro atoms. The fraction of sp³-hybridized carbons (Fsp3) is 0.400. The normalized spacial score (nSPS) is 16.3. The van der Waals surface area contributed by atoms with Crippen molar-refractivity contribution in [1.29, 1.82) is 0 Å². The average molecular weight is 495 g/mol. The first-order valence-corrected chi connectivity index (χ1v) is 19.9. The average Bonchev–Trinajstić information content (AvgIpc) is 2.49. The van der Waals surface area contributed by atoms with Crippen molar-refractivity contribution >= 4 is 33.9 Å². The van der Waals surface area contributed by atoms with E-state index in [4.69, 9.17) is 7.94 Å².